The highest BCUT2D eigenvalue weighted by molar-refractivity contribution is 7.26. The zero-order chi connectivity index (χ0) is 50.2. The van der Waals surface area contributed by atoms with Crippen molar-refractivity contribution in [2.45, 2.75) is 161 Å². The van der Waals surface area contributed by atoms with Crippen LogP contribution in [0.1, 0.15) is 161 Å². The van der Waals surface area contributed by atoms with Crippen LogP contribution in [0.25, 0.3) is 53.2 Å². The summed E-state index contributed by atoms with van der Waals surface area (Å²) in [5, 5.41) is 9.12. The van der Waals surface area contributed by atoms with Crippen molar-refractivity contribution in [2.75, 3.05) is 10.2 Å². The van der Waals surface area contributed by atoms with Gasteiger partial charge in [0.05, 0.1) is 5.69 Å². The predicted molar refractivity (Wildman–Crippen MR) is 312 cm³/mol. The van der Waals surface area contributed by atoms with Gasteiger partial charge in [-0.15, -0.1) is 11.3 Å². The van der Waals surface area contributed by atoms with Crippen LogP contribution in [0, 0.1) is 6.92 Å². The number of hydrogen-bond acceptors (Lipinski definition) is 4. The van der Waals surface area contributed by atoms with Crippen molar-refractivity contribution in [1.82, 2.24) is 0 Å². The maximum absolute atomic E-state index is 7.27. The lowest BCUT2D eigenvalue weighted by molar-refractivity contribution is 0.332. The monoisotopic (exact) mass is 962 g/mol. The molecular formula is C67H70BN2OS. The molecule has 0 unspecified atom stereocenters. The average Bonchev–Trinajstić information content (AvgIpc) is 3.91. The Labute approximate surface area is 432 Å². The molecule has 1 N–H and O–H groups in total. The average molecular weight is 962 g/mol. The van der Waals surface area contributed by atoms with Gasteiger partial charge >= 0.3 is 0 Å². The summed E-state index contributed by atoms with van der Waals surface area (Å²) < 4.78 is 9.89. The van der Waals surface area contributed by atoms with Crippen LogP contribution in [-0.4, -0.2) is 7.28 Å². The van der Waals surface area contributed by atoms with Crippen LogP contribution in [0.2, 0.25) is 0 Å². The number of nitrogens with zero attached hydrogens (tertiary/aromatic N) is 1. The molecule has 0 atom stereocenters. The van der Waals surface area contributed by atoms with Crippen LogP contribution in [0.5, 0.6) is 0 Å². The Morgan fingerprint density at radius 1 is 0.486 bits per heavy atom. The van der Waals surface area contributed by atoms with Gasteiger partial charge in [-0.2, -0.15) is 0 Å². The van der Waals surface area contributed by atoms with Crippen molar-refractivity contribution in [1.29, 1.82) is 0 Å². The van der Waals surface area contributed by atoms with E-state index in [9.17, 15) is 0 Å². The Kier molecular flexibility index (Phi) is 9.69. The summed E-state index contributed by atoms with van der Waals surface area (Å²) in [6, 6.07) is 42.5. The lowest BCUT2D eigenvalue weighted by Gasteiger charge is -2.44. The van der Waals surface area contributed by atoms with Crippen LogP contribution in [0.4, 0.5) is 28.4 Å². The first-order valence-electron chi connectivity index (χ1n) is 26.9. The smallest absolute Gasteiger partial charge is 0.198 e. The van der Waals surface area contributed by atoms with Crippen molar-refractivity contribution in [3.8, 4) is 11.1 Å². The van der Waals surface area contributed by atoms with Gasteiger partial charge in [-0.25, -0.2) is 0 Å². The lowest BCUT2D eigenvalue weighted by atomic mass is 9.56. The first-order chi connectivity index (χ1) is 34.0. The number of anilines is 5. The molecule has 3 nitrogen and oxygen atoms in total. The largest absolute Gasteiger partial charge is 0.454 e. The van der Waals surface area contributed by atoms with E-state index in [0.29, 0.717) is 0 Å². The molecule has 13 rings (SSSR count). The second-order valence-corrected chi connectivity index (χ2v) is 27.5. The number of benzene rings is 7. The normalized spacial score (nSPS) is 19.6. The highest BCUT2D eigenvalue weighted by Gasteiger charge is 2.43. The molecule has 0 amide bonds. The fourth-order valence-corrected chi connectivity index (χ4v) is 15.0. The SMILES string of the molecule is Cc1cc2c(cc1N1c3ccc4sc5ccccc5c4c3[B]c3c(-c4cc5c(cc4Nc4ccc6c(c4)C(C)(C)CCC6(C)C)C(C)(C)CCC5(C)C)cc4c(oc5ccccc54)c31)C(C)(C)CCC2(C)C. The fraction of sp³-hybridized carbons (Fsp3) is 0.373. The molecule has 4 aliphatic rings. The van der Waals surface area contributed by atoms with Crippen molar-refractivity contribution in [3.05, 3.63) is 148 Å². The molecule has 1 aliphatic heterocycles. The van der Waals surface area contributed by atoms with Crippen molar-refractivity contribution in [3.63, 3.8) is 0 Å². The van der Waals surface area contributed by atoms with E-state index in [4.69, 9.17) is 4.42 Å². The van der Waals surface area contributed by atoms with E-state index in [1.165, 1.54) is 112 Å². The molecule has 363 valence electrons. The molecule has 5 heteroatoms. The predicted octanol–water partition coefficient (Wildman–Crippen LogP) is 18.2. The molecule has 9 aromatic rings. The summed E-state index contributed by atoms with van der Waals surface area (Å²) in [7, 11) is 2.55. The van der Waals surface area contributed by atoms with E-state index in [1.807, 2.05) is 11.3 Å². The Balaban J connectivity index is 1.15. The number of furan rings is 1. The molecule has 0 fully saturated rings. The summed E-state index contributed by atoms with van der Waals surface area (Å²) >= 11 is 1.90. The van der Waals surface area contributed by atoms with E-state index in [-0.39, 0.29) is 32.5 Å². The molecule has 3 aliphatic carbocycles. The summed E-state index contributed by atoms with van der Waals surface area (Å²) in [6.45, 7) is 31.8. The Morgan fingerprint density at radius 2 is 1.06 bits per heavy atom. The first kappa shape index (κ1) is 46.0. The maximum Gasteiger partial charge on any atom is 0.198 e. The number of aryl methyl sites for hydroxylation is 1. The summed E-state index contributed by atoms with van der Waals surface area (Å²) in [5.74, 6) is 0. The molecule has 72 heavy (non-hydrogen) atoms. The first-order valence-corrected chi connectivity index (χ1v) is 27.7. The molecular weight excluding hydrogens is 892 g/mol. The number of fused-ring (bicyclic) bond motifs is 13. The molecule has 2 aromatic heterocycles. The molecule has 7 aromatic carbocycles. The van der Waals surface area contributed by atoms with E-state index >= 15 is 0 Å². The lowest BCUT2D eigenvalue weighted by Crippen LogP contribution is -2.42. The molecule has 3 heterocycles. The number of nitrogens with one attached hydrogen (secondary N) is 1. The zero-order valence-electron chi connectivity index (χ0n) is 45.0. The Hall–Kier alpha value is -5.78. The Bertz CT molecular complexity index is 3800. The number of thiophene rings is 1. The van der Waals surface area contributed by atoms with Crippen LogP contribution in [0.3, 0.4) is 0 Å². The molecule has 0 saturated carbocycles. The van der Waals surface area contributed by atoms with Crippen molar-refractivity contribution < 1.29 is 4.42 Å². The van der Waals surface area contributed by atoms with Crippen LogP contribution < -0.4 is 21.1 Å². The van der Waals surface area contributed by atoms with E-state index in [1.54, 1.807) is 0 Å². The van der Waals surface area contributed by atoms with Gasteiger partial charge in [-0.05, 0) is 205 Å². The van der Waals surface area contributed by atoms with Gasteiger partial charge in [0.15, 0.2) is 12.9 Å². The molecule has 0 spiro atoms. The number of hydrogen-bond donors (Lipinski definition) is 1. The topological polar surface area (TPSA) is 28.4 Å². The highest BCUT2D eigenvalue weighted by atomic mass is 32.1. The second-order valence-electron chi connectivity index (χ2n) is 26.4. The van der Waals surface area contributed by atoms with E-state index in [0.717, 1.165) is 58.3 Å². The minimum atomic E-state index is -0.00299. The van der Waals surface area contributed by atoms with Gasteiger partial charge in [-0.3, -0.25) is 0 Å². The van der Waals surface area contributed by atoms with Gasteiger partial charge in [0.2, 0.25) is 0 Å². The van der Waals surface area contributed by atoms with Crippen molar-refractivity contribution >= 4 is 100 Å². The highest BCUT2D eigenvalue weighted by Crippen LogP contribution is 2.55. The summed E-state index contributed by atoms with van der Waals surface area (Å²) in [5.41, 5.74) is 23.0. The quantitative estimate of drug-likeness (QED) is 0.178. The van der Waals surface area contributed by atoms with Gasteiger partial charge in [0.25, 0.3) is 0 Å². The van der Waals surface area contributed by atoms with E-state index < -0.39 is 0 Å². The van der Waals surface area contributed by atoms with Gasteiger partial charge in [-0.1, -0.05) is 132 Å². The minimum absolute atomic E-state index is 0.00299. The number of para-hydroxylation sites is 1. The van der Waals surface area contributed by atoms with Crippen LogP contribution in [0.15, 0.2) is 114 Å². The molecule has 1 radical (unpaired) electrons. The summed E-state index contributed by atoms with van der Waals surface area (Å²) in [6.07, 6.45) is 6.98. The maximum atomic E-state index is 7.27. The Morgan fingerprint density at radius 3 is 1.74 bits per heavy atom. The molecule has 0 bridgehead atoms. The second kappa shape index (κ2) is 15.2. The zero-order valence-corrected chi connectivity index (χ0v) is 45.8. The summed E-state index contributed by atoms with van der Waals surface area (Å²) in [4.78, 5) is 2.63. The molecule has 0 saturated heterocycles. The fourth-order valence-electron chi connectivity index (χ4n) is 13.8. The van der Waals surface area contributed by atoms with Gasteiger partial charge < -0.3 is 14.6 Å². The standard InChI is InChI=1S/C67H70BN2OS/c1-38-32-46-50(67(12,13)31-28-63(46,4)5)37-53(38)70-52-24-25-56-57(41-19-15-17-21-55(41)72-56)59(52)68-58-43(34-44-40-18-14-16-20-54(40)71-61(44)60(58)70)42-35-48-49(66(10,11)30-29-65(48,8)9)36-51(42)69-39-22-23-45-47(33-39)64(6,7)27-26-62(45,2)3/h14-25,32-37,69H,26-31H2,1-13H3. The van der Waals surface area contributed by atoms with E-state index in [2.05, 4.69) is 217 Å². The third-order valence-corrected chi connectivity index (χ3v) is 20.0. The van der Waals surface area contributed by atoms with Gasteiger partial charge in [0, 0.05) is 48.5 Å². The van der Waals surface area contributed by atoms with Crippen LogP contribution >= 0.6 is 11.3 Å². The van der Waals surface area contributed by atoms with Gasteiger partial charge in [0.1, 0.15) is 5.58 Å². The number of rotatable bonds is 4. The minimum Gasteiger partial charge on any atom is -0.454 e. The van der Waals surface area contributed by atoms with Crippen molar-refractivity contribution in [2.24, 2.45) is 0 Å². The van der Waals surface area contributed by atoms with Crippen LogP contribution in [-0.2, 0) is 32.5 Å². The third-order valence-electron chi connectivity index (χ3n) is 18.8. The third kappa shape index (κ3) is 6.74.